The maximum atomic E-state index is 10.9. The highest BCUT2D eigenvalue weighted by Crippen LogP contribution is 2.36. The standard InChI is InChI=1S/C16H23NO4.ClH/c1-19-14-7-6-12(9-15(14)20-2)16(18)11-17-8-4-3-5-13(17)10-21-16;/h6-7,9,13,18H,3-5,8,10-11H2,1-2H3;1H. The molecule has 2 aliphatic rings. The molecule has 0 saturated carbocycles. The number of methoxy groups -OCH3 is 2. The number of fused-ring (bicyclic) bond motifs is 1. The third-order valence-corrected chi connectivity index (χ3v) is 4.52. The lowest BCUT2D eigenvalue weighted by atomic mass is 9.96. The smallest absolute Gasteiger partial charge is 0.205 e. The molecule has 2 heterocycles. The molecule has 2 unspecified atom stereocenters. The normalized spacial score (nSPS) is 28.4. The summed E-state index contributed by atoms with van der Waals surface area (Å²) in [6.45, 7) is 2.11. The predicted molar refractivity (Wildman–Crippen MR) is 85.9 cm³/mol. The first-order valence-electron chi connectivity index (χ1n) is 7.49. The second-order valence-electron chi connectivity index (χ2n) is 5.79. The Labute approximate surface area is 137 Å². The zero-order valence-corrected chi connectivity index (χ0v) is 13.9. The van der Waals surface area contributed by atoms with Gasteiger partial charge >= 0.3 is 0 Å². The van der Waals surface area contributed by atoms with Crippen LogP contribution in [0.3, 0.4) is 0 Å². The quantitative estimate of drug-likeness (QED) is 0.921. The van der Waals surface area contributed by atoms with Crippen molar-refractivity contribution in [1.29, 1.82) is 0 Å². The van der Waals surface area contributed by atoms with Crippen molar-refractivity contribution in [3.8, 4) is 11.5 Å². The van der Waals surface area contributed by atoms with Crippen LogP contribution in [0.25, 0.3) is 0 Å². The molecule has 3 rings (SSSR count). The molecule has 1 aromatic rings. The summed E-state index contributed by atoms with van der Waals surface area (Å²) < 4.78 is 16.4. The van der Waals surface area contributed by atoms with E-state index in [1.165, 1.54) is 12.8 Å². The summed E-state index contributed by atoms with van der Waals surface area (Å²) in [6, 6.07) is 5.88. The lowest BCUT2D eigenvalue weighted by Gasteiger charge is -2.46. The van der Waals surface area contributed by atoms with Crippen LogP contribution in [0.1, 0.15) is 24.8 Å². The Morgan fingerprint density at radius 3 is 2.73 bits per heavy atom. The van der Waals surface area contributed by atoms with Crippen LogP contribution < -0.4 is 9.47 Å². The minimum absolute atomic E-state index is 0. The van der Waals surface area contributed by atoms with Gasteiger partial charge in [0.05, 0.1) is 27.4 Å². The number of nitrogens with zero attached hydrogens (tertiary/aromatic N) is 1. The molecule has 0 aliphatic carbocycles. The molecule has 0 radical (unpaired) electrons. The molecule has 22 heavy (non-hydrogen) atoms. The first kappa shape index (κ1) is 17.3. The van der Waals surface area contributed by atoms with Gasteiger partial charge in [-0.05, 0) is 37.6 Å². The third-order valence-electron chi connectivity index (χ3n) is 4.52. The summed E-state index contributed by atoms with van der Waals surface area (Å²) in [7, 11) is 3.19. The van der Waals surface area contributed by atoms with Crippen LogP contribution in [0, 0.1) is 0 Å². The molecule has 0 bridgehead atoms. The van der Waals surface area contributed by atoms with Crippen LogP contribution in [0.15, 0.2) is 18.2 Å². The van der Waals surface area contributed by atoms with E-state index in [1.807, 2.05) is 6.07 Å². The van der Waals surface area contributed by atoms with Crippen molar-refractivity contribution < 1.29 is 19.3 Å². The Hall–Kier alpha value is -1.01. The molecular weight excluding hydrogens is 306 g/mol. The summed E-state index contributed by atoms with van der Waals surface area (Å²) in [4.78, 5) is 2.34. The van der Waals surface area contributed by atoms with Gasteiger partial charge < -0.3 is 19.3 Å². The van der Waals surface area contributed by atoms with Crippen molar-refractivity contribution in [1.82, 2.24) is 4.90 Å². The van der Waals surface area contributed by atoms with Crippen molar-refractivity contribution >= 4 is 12.4 Å². The molecule has 0 spiro atoms. The second kappa shape index (κ2) is 7.04. The highest BCUT2D eigenvalue weighted by Gasteiger charge is 2.41. The van der Waals surface area contributed by atoms with E-state index in [1.54, 1.807) is 26.4 Å². The van der Waals surface area contributed by atoms with Gasteiger partial charge in [0.15, 0.2) is 11.5 Å². The summed E-state index contributed by atoms with van der Waals surface area (Å²) in [5.41, 5.74) is 0.712. The molecule has 6 heteroatoms. The first-order valence-corrected chi connectivity index (χ1v) is 7.49. The van der Waals surface area contributed by atoms with Gasteiger partial charge in [-0.25, -0.2) is 0 Å². The van der Waals surface area contributed by atoms with Crippen molar-refractivity contribution in [2.24, 2.45) is 0 Å². The van der Waals surface area contributed by atoms with Crippen molar-refractivity contribution in [3.05, 3.63) is 23.8 Å². The van der Waals surface area contributed by atoms with Crippen molar-refractivity contribution in [2.45, 2.75) is 31.1 Å². The molecule has 2 fully saturated rings. The summed E-state index contributed by atoms with van der Waals surface area (Å²) in [6.07, 6.45) is 3.60. The van der Waals surface area contributed by atoms with E-state index in [0.717, 1.165) is 13.0 Å². The number of benzene rings is 1. The topological polar surface area (TPSA) is 51.2 Å². The maximum Gasteiger partial charge on any atom is 0.205 e. The Bertz CT molecular complexity index is 513. The van der Waals surface area contributed by atoms with Gasteiger partial charge in [0, 0.05) is 11.6 Å². The van der Waals surface area contributed by atoms with Crippen LogP contribution in [-0.2, 0) is 10.5 Å². The number of ether oxygens (including phenoxy) is 3. The summed E-state index contributed by atoms with van der Waals surface area (Å²) in [5, 5.41) is 10.9. The summed E-state index contributed by atoms with van der Waals surface area (Å²) >= 11 is 0. The van der Waals surface area contributed by atoms with Crippen LogP contribution in [0.4, 0.5) is 0 Å². The molecular formula is C16H24ClNO4. The minimum Gasteiger partial charge on any atom is -0.493 e. The van der Waals surface area contributed by atoms with Gasteiger partial charge in [0.1, 0.15) is 0 Å². The fraction of sp³-hybridized carbons (Fsp3) is 0.625. The minimum atomic E-state index is -1.27. The van der Waals surface area contributed by atoms with Gasteiger partial charge in [0.25, 0.3) is 0 Å². The highest BCUT2D eigenvalue weighted by molar-refractivity contribution is 5.85. The van der Waals surface area contributed by atoms with Crippen LogP contribution in [0.5, 0.6) is 11.5 Å². The molecule has 1 aromatic carbocycles. The number of piperidine rings is 1. The monoisotopic (exact) mass is 329 g/mol. The number of morpholine rings is 1. The molecule has 124 valence electrons. The van der Waals surface area contributed by atoms with E-state index in [0.29, 0.717) is 36.3 Å². The Balaban J connectivity index is 0.00000176. The van der Waals surface area contributed by atoms with E-state index < -0.39 is 5.79 Å². The van der Waals surface area contributed by atoms with Gasteiger partial charge in [-0.1, -0.05) is 6.42 Å². The lowest BCUT2D eigenvalue weighted by Crippen LogP contribution is -2.56. The molecule has 0 aromatic heterocycles. The molecule has 2 saturated heterocycles. The molecule has 2 aliphatic heterocycles. The Morgan fingerprint density at radius 2 is 2.00 bits per heavy atom. The molecule has 0 amide bonds. The van der Waals surface area contributed by atoms with Gasteiger partial charge in [-0.2, -0.15) is 0 Å². The molecule has 1 N–H and O–H groups in total. The van der Waals surface area contributed by atoms with E-state index in [4.69, 9.17) is 14.2 Å². The average molecular weight is 330 g/mol. The molecule has 5 nitrogen and oxygen atoms in total. The number of aliphatic hydroxyl groups is 1. The largest absolute Gasteiger partial charge is 0.493 e. The number of halogens is 1. The Kier molecular flexibility index (Phi) is 5.55. The highest BCUT2D eigenvalue weighted by atomic mass is 35.5. The van der Waals surface area contributed by atoms with E-state index in [9.17, 15) is 5.11 Å². The maximum absolute atomic E-state index is 10.9. The SMILES string of the molecule is COc1ccc(C2(O)CN3CCCCC3CO2)cc1OC.Cl. The number of hydrogen-bond donors (Lipinski definition) is 1. The van der Waals surface area contributed by atoms with E-state index in [-0.39, 0.29) is 12.4 Å². The zero-order valence-electron chi connectivity index (χ0n) is 13.1. The number of rotatable bonds is 3. The predicted octanol–water partition coefficient (Wildman–Crippen LogP) is 2.16. The fourth-order valence-electron chi connectivity index (χ4n) is 3.27. The van der Waals surface area contributed by atoms with Gasteiger partial charge in [-0.15, -0.1) is 12.4 Å². The van der Waals surface area contributed by atoms with E-state index >= 15 is 0 Å². The van der Waals surface area contributed by atoms with Crippen molar-refractivity contribution in [2.75, 3.05) is 33.9 Å². The lowest BCUT2D eigenvalue weighted by molar-refractivity contribution is -0.264. The first-order chi connectivity index (χ1) is 10.2. The number of hydrogen-bond acceptors (Lipinski definition) is 5. The average Bonchev–Trinajstić information content (AvgIpc) is 2.54. The van der Waals surface area contributed by atoms with Gasteiger partial charge in [0.2, 0.25) is 5.79 Å². The van der Waals surface area contributed by atoms with Crippen LogP contribution in [0.2, 0.25) is 0 Å². The van der Waals surface area contributed by atoms with Crippen LogP contribution in [-0.4, -0.2) is 50.0 Å². The van der Waals surface area contributed by atoms with Crippen molar-refractivity contribution in [3.63, 3.8) is 0 Å². The molecule has 2 atom stereocenters. The summed E-state index contributed by atoms with van der Waals surface area (Å²) in [5.74, 6) is -0.0165. The third kappa shape index (κ3) is 3.18. The zero-order chi connectivity index (χ0) is 14.9. The van der Waals surface area contributed by atoms with Gasteiger partial charge in [-0.3, -0.25) is 4.90 Å². The van der Waals surface area contributed by atoms with E-state index in [2.05, 4.69) is 4.90 Å². The Morgan fingerprint density at radius 1 is 1.23 bits per heavy atom. The van der Waals surface area contributed by atoms with Crippen LogP contribution >= 0.6 is 12.4 Å². The fourth-order valence-corrected chi connectivity index (χ4v) is 3.27. The second-order valence-corrected chi connectivity index (χ2v) is 5.79.